The van der Waals surface area contributed by atoms with Crippen molar-refractivity contribution in [2.24, 2.45) is 0 Å². The molecule has 0 fully saturated rings. The number of nitrogens with one attached hydrogen (secondary N) is 2. The van der Waals surface area contributed by atoms with Crippen molar-refractivity contribution >= 4 is 22.5 Å². The Morgan fingerprint density at radius 2 is 1.92 bits per heavy atom. The highest BCUT2D eigenvalue weighted by Gasteiger charge is 2.11. The SMILES string of the molecule is CCc1cccc2c(CC(=O)Nc3cccc(-n4cnnc4)c3)c[nH]c12. The van der Waals surface area contributed by atoms with E-state index in [-0.39, 0.29) is 5.91 Å². The smallest absolute Gasteiger partial charge is 0.228 e. The van der Waals surface area contributed by atoms with Gasteiger partial charge in [0.1, 0.15) is 12.7 Å². The minimum Gasteiger partial charge on any atom is -0.361 e. The van der Waals surface area contributed by atoms with E-state index in [1.165, 1.54) is 5.56 Å². The van der Waals surface area contributed by atoms with Gasteiger partial charge in [0, 0.05) is 22.8 Å². The molecular weight excluding hydrogens is 326 g/mol. The molecule has 0 aliphatic rings. The van der Waals surface area contributed by atoms with E-state index in [1.807, 2.05) is 36.5 Å². The van der Waals surface area contributed by atoms with Crippen molar-refractivity contribution in [1.29, 1.82) is 0 Å². The van der Waals surface area contributed by atoms with Crippen LogP contribution < -0.4 is 5.32 Å². The molecule has 0 radical (unpaired) electrons. The lowest BCUT2D eigenvalue weighted by Crippen LogP contribution is -2.14. The number of nitrogens with zero attached hydrogens (tertiary/aromatic N) is 3. The fraction of sp³-hybridized carbons (Fsp3) is 0.150. The second-order valence-corrected chi connectivity index (χ2v) is 6.15. The first-order valence-electron chi connectivity index (χ1n) is 8.57. The number of carbonyl (C=O) groups is 1. The van der Waals surface area contributed by atoms with Crippen LogP contribution in [0.2, 0.25) is 0 Å². The van der Waals surface area contributed by atoms with Gasteiger partial charge in [0.2, 0.25) is 5.91 Å². The quantitative estimate of drug-likeness (QED) is 0.581. The molecule has 0 aliphatic carbocycles. The van der Waals surface area contributed by atoms with Gasteiger partial charge in [0.15, 0.2) is 0 Å². The summed E-state index contributed by atoms with van der Waals surface area (Å²) < 4.78 is 1.79. The Labute approximate surface area is 150 Å². The largest absolute Gasteiger partial charge is 0.361 e. The number of carbonyl (C=O) groups excluding carboxylic acids is 1. The molecule has 4 rings (SSSR count). The molecule has 1 amide bonds. The van der Waals surface area contributed by atoms with E-state index in [9.17, 15) is 4.79 Å². The van der Waals surface area contributed by atoms with Gasteiger partial charge >= 0.3 is 0 Å². The van der Waals surface area contributed by atoms with Crippen LogP contribution in [0.4, 0.5) is 5.69 Å². The number of anilines is 1. The van der Waals surface area contributed by atoms with Crippen LogP contribution in [0.25, 0.3) is 16.6 Å². The molecule has 0 spiro atoms. The predicted molar refractivity (Wildman–Crippen MR) is 101 cm³/mol. The second-order valence-electron chi connectivity index (χ2n) is 6.15. The minimum atomic E-state index is -0.0475. The summed E-state index contributed by atoms with van der Waals surface area (Å²) in [7, 11) is 0. The van der Waals surface area contributed by atoms with Gasteiger partial charge in [-0.3, -0.25) is 9.36 Å². The molecule has 2 aromatic heterocycles. The van der Waals surface area contributed by atoms with Crippen molar-refractivity contribution in [2.75, 3.05) is 5.32 Å². The first-order valence-corrected chi connectivity index (χ1v) is 8.57. The van der Waals surface area contributed by atoms with Crippen molar-refractivity contribution in [3.63, 3.8) is 0 Å². The Bertz CT molecular complexity index is 1050. The number of aromatic nitrogens is 4. The van der Waals surface area contributed by atoms with Gasteiger partial charge < -0.3 is 10.3 Å². The third kappa shape index (κ3) is 3.09. The van der Waals surface area contributed by atoms with Crippen molar-refractivity contribution < 1.29 is 4.79 Å². The van der Waals surface area contributed by atoms with Crippen LogP contribution in [0.3, 0.4) is 0 Å². The molecule has 2 heterocycles. The van der Waals surface area contributed by atoms with Crippen LogP contribution in [0.15, 0.2) is 61.3 Å². The van der Waals surface area contributed by atoms with Crippen LogP contribution in [0.1, 0.15) is 18.1 Å². The number of aryl methyl sites for hydroxylation is 1. The molecule has 0 saturated heterocycles. The second kappa shape index (κ2) is 6.84. The number of para-hydroxylation sites is 1. The Hall–Kier alpha value is -3.41. The molecule has 4 aromatic rings. The summed E-state index contributed by atoms with van der Waals surface area (Å²) in [5, 5.41) is 11.7. The highest BCUT2D eigenvalue weighted by molar-refractivity contribution is 5.96. The summed E-state index contributed by atoms with van der Waals surface area (Å²) in [4.78, 5) is 15.8. The topological polar surface area (TPSA) is 75.6 Å². The minimum absolute atomic E-state index is 0.0475. The van der Waals surface area contributed by atoms with Crippen LogP contribution in [-0.4, -0.2) is 25.7 Å². The highest BCUT2D eigenvalue weighted by Crippen LogP contribution is 2.23. The Kier molecular flexibility index (Phi) is 4.23. The number of amides is 1. The number of fused-ring (bicyclic) bond motifs is 1. The molecule has 130 valence electrons. The Morgan fingerprint density at radius 3 is 2.73 bits per heavy atom. The first kappa shape index (κ1) is 16.1. The van der Waals surface area contributed by atoms with E-state index in [0.29, 0.717) is 6.42 Å². The summed E-state index contributed by atoms with van der Waals surface area (Å²) in [5.74, 6) is -0.0475. The zero-order valence-corrected chi connectivity index (χ0v) is 14.4. The van der Waals surface area contributed by atoms with Crippen molar-refractivity contribution in [3.8, 4) is 5.69 Å². The number of benzene rings is 2. The lowest BCUT2D eigenvalue weighted by Gasteiger charge is -2.07. The lowest BCUT2D eigenvalue weighted by molar-refractivity contribution is -0.115. The average molecular weight is 345 g/mol. The molecule has 0 saturated carbocycles. The van der Waals surface area contributed by atoms with Crippen molar-refractivity contribution in [2.45, 2.75) is 19.8 Å². The number of hydrogen-bond donors (Lipinski definition) is 2. The zero-order chi connectivity index (χ0) is 17.9. The zero-order valence-electron chi connectivity index (χ0n) is 14.4. The monoisotopic (exact) mass is 345 g/mol. The van der Waals surface area contributed by atoms with E-state index in [1.54, 1.807) is 17.2 Å². The summed E-state index contributed by atoms with van der Waals surface area (Å²) >= 11 is 0. The fourth-order valence-electron chi connectivity index (χ4n) is 3.17. The predicted octanol–water partition coefficient (Wildman–Crippen LogP) is 3.49. The lowest BCUT2D eigenvalue weighted by atomic mass is 10.1. The maximum absolute atomic E-state index is 12.5. The third-order valence-corrected chi connectivity index (χ3v) is 4.47. The third-order valence-electron chi connectivity index (χ3n) is 4.47. The average Bonchev–Trinajstić information content (AvgIpc) is 3.32. The molecule has 2 N–H and O–H groups in total. The van der Waals surface area contributed by atoms with Crippen molar-refractivity contribution in [1.82, 2.24) is 19.7 Å². The standard InChI is InChI=1S/C20H19N5O/c1-2-14-5-3-8-18-15(11-21-20(14)18)9-19(26)24-16-6-4-7-17(10-16)25-12-22-23-13-25/h3-8,10-13,21H,2,9H2,1H3,(H,24,26). The molecule has 2 aromatic carbocycles. The number of H-pyrrole nitrogens is 1. The van der Waals surface area contributed by atoms with Crippen LogP contribution >= 0.6 is 0 Å². The van der Waals surface area contributed by atoms with Gasteiger partial charge in [-0.05, 0) is 35.7 Å². The Morgan fingerprint density at radius 1 is 1.12 bits per heavy atom. The molecule has 26 heavy (non-hydrogen) atoms. The van der Waals surface area contributed by atoms with Gasteiger partial charge in [-0.1, -0.05) is 31.2 Å². The van der Waals surface area contributed by atoms with E-state index in [2.05, 4.69) is 39.6 Å². The summed E-state index contributed by atoms with van der Waals surface area (Å²) in [6.07, 6.45) is 6.46. The van der Waals surface area contributed by atoms with Crippen molar-refractivity contribution in [3.05, 3.63) is 72.4 Å². The van der Waals surface area contributed by atoms with Crippen LogP contribution in [0, 0.1) is 0 Å². The number of aromatic amines is 1. The van der Waals surface area contributed by atoms with Gasteiger partial charge in [0.25, 0.3) is 0 Å². The summed E-state index contributed by atoms with van der Waals surface area (Å²) in [6, 6.07) is 13.8. The van der Waals surface area contributed by atoms with E-state index in [4.69, 9.17) is 0 Å². The molecule has 0 unspecified atom stereocenters. The maximum Gasteiger partial charge on any atom is 0.228 e. The van der Waals surface area contributed by atoms with E-state index >= 15 is 0 Å². The molecule has 0 atom stereocenters. The molecular formula is C20H19N5O. The number of hydrogen-bond acceptors (Lipinski definition) is 3. The van der Waals surface area contributed by atoms with E-state index < -0.39 is 0 Å². The fourth-order valence-corrected chi connectivity index (χ4v) is 3.17. The Balaban J connectivity index is 1.52. The molecule has 0 aliphatic heterocycles. The number of rotatable bonds is 5. The summed E-state index contributed by atoms with van der Waals surface area (Å²) in [6.45, 7) is 2.13. The van der Waals surface area contributed by atoms with Gasteiger partial charge in [0.05, 0.1) is 12.1 Å². The molecule has 0 bridgehead atoms. The first-order chi connectivity index (χ1) is 12.7. The van der Waals surface area contributed by atoms with Crippen LogP contribution in [-0.2, 0) is 17.6 Å². The van der Waals surface area contributed by atoms with Gasteiger partial charge in [-0.2, -0.15) is 0 Å². The normalized spacial score (nSPS) is 11.0. The molecule has 6 heteroatoms. The maximum atomic E-state index is 12.5. The van der Waals surface area contributed by atoms with Gasteiger partial charge in [-0.15, -0.1) is 10.2 Å². The van der Waals surface area contributed by atoms with Gasteiger partial charge in [-0.25, -0.2) is 0 Å². The molecule has 6 nitrogen and oxygen atoms in total. The highest BCUT2D eigenvalue weighted by atomic mass is 16.1. The van der Waals surface area contributed by atoms with Crippen LogP contribution in [0.5, 0.6) is 0 Å². The van der Waals surface area contributed by atoms with E-state index in [0.717, 1.165) is 34.3 Å². The summed E-state index contributed by atoms with van der Waals surface area (Å²) in [5.41, 5.74) is 5.02.